The molecule has 5 heteroatoms. The summed E-state index contributed by atoms with van der Waals surface area (Å²) in [6.45, 7) is 0. The van der Waals surface area contributed by atoms with Gasteiger partial charge in [0.05, 0.1) is 4.90 Å². The van der Waals surface area contributed by atoms with Crippen LogP contribution in [-0.2, 0) is 16.4 Å². The molecule has 0 unspecified atom stereocenters. The first-order valence-corrected chi connectivity index (χ1v) is 9.16. The smallest absolute Gasteiger partial charge is 0.207 e. The van der Waals surface area contributed by atoms with E-state index in [9.17, 15) is 8.42 Å². The molecule has 112 valence electrons. The van der Waals surface area contributed by atoms with Crippen molar-refractivity contribution in [3.63, 3.8) is 0 Å². The van der Waals surface area contributed by atoms with Crippen LogP contribution in [0.5, 0.6) is 0 Å². The quantitative estimate of drug-likeness (QED) is 0.781. The van der Waals surface area contributed by atoms with Crippen molar-refractivity contribution in [1.82, 2.24) is 4.31 Å². The molecule has 0 amide bonds. The number of hydrogen-bond acceptors (Lipinski definition) is 2. The number of hydrogen-bond donors (Lipinski definition) is 0. The molecular weight excluding hydrogens is 294 g/mol. The number of alkyl halides is 1. The Morgan fingerprint density at radius 3 is 2.30 bits per heavy atom. The van der Waals surface area contributed by atoms with Gasteiger partial charge in [0.1, 0.15) is 0 Å². The Bertz CT molecular complexity index is 521. The van der Waals surface area contributed by atoms with Gasteiger partial charge in [-0.15, -0.1) is 11.6 Å². The molecule has 1 aliphatic rings. The van der Waals surface area contributed by atoms with Crippen molar-refractivity contribution in [2.75, 3.05) is 12.9 Å². The van der Waals surface area contributed by atoms with Gasteiger partial charge < -0.3 is 0 Å². The topological polar surface area (TPSA) is 37.4 Å². The molecule has 0 heterocycles. The molecule has 0 atom stereocenters. The summed E-state index contributed by atoms with van der Waals surface area (Å²) in [6, 6.07) is 7.23. The highest BCUT2D eigenvalue weighted by atomic mass is 35.5. The number of benzene rings is 1. The summed E-state index contributed by atoms with van der Waals surface area (Å²) in [6.07, 6.45) is 6.18. The van der Waals surface area contributed by atoms with Gasteiger partial charge in [-0.05, 0) is 37.0 Å². The van der Waals surface area contributed by atoms with E-state index < -0.39 is 10.0 Å². The second-order valence-electron chi connectivity index (χ2n) is 5.40. The maximum Gasteiger partial charge on any atom is 0.243 e. The van der Waals surface area contributed by atoms with E-state index >= 15 is 0 Å². The molecule has 0 aromatic heterocycles. The minimum absolute atomic E-state index is 0.149. The van der Waals surface area contributed by atoms with Crippen LogP contribution in [0.1, 0.15) is 37.7 Å². The predicted molar refractivity (Wildman–Crippen MR) is 82.7 cm³/mol. The monoisotopic (exact) mass is 315 g/mol. The van der Waals surface area contributed by atoms with E-state index in [-0.39, 0.29) is 6.04 Å². The zero-order chi connectivity index (χ0) is 14.6. The molecule has 1 saturated carbocycles. The van der Waals surface area contributed by atoms with Crippen LogP contribution < -0.4 is 0 Å². The fourth-order valence-corrected chi connectivity index (χ4v) is 4.38. The van der Waals surface area contributed by atoms with Crippen molar-refractivity contribution in [3.8, 4) is 0 Å². The number of sulfonamides is 1. The minimum Gasteiger partial charge on any atom is -0.207 e. The van der Waals surface area contributed by atoms with Crippen molar-refractivity contribution < 1.29 is 8.42 Å². The Morgan fingerprint density at radius 2 is 1.75 bits per heavy atom. The van der Waals surface area contributed by atoms with E-state index in [2.05, 4.69) is 0 Å². The van der Waals surface area contributed by atoms with Gasteiger partial charge in [-0.1, -0.05) is 31.4 Å². The molecular formula is C15H22ClNO2S. The van der Waals surface area contributed by atoms with Crippen LogP contribution in [0, 0.1) is 0 Å². The number of aryl methyl sites for hydroxylation is 1. The molecule has 1 fully saturated rings. The first-order chi connectivity index (χ1) is 9.55. The zero-order valence-corrected chi connectivity index (χ0v) is 13.5. The second kappa shape index (κ2) is 6.92. The van der Waals surface area contributed by atoms with Crippen molar-refractivity contribution in [3.05, 3.63) is 29.8 Å². The van der Waals surface area contributed by atoms with Gasteiger partial charge in [0, 0.05) is 19.0 Å². The molecule has 0 N–H and O–H groups in total. The third-order valence-corrected chi connectivity index (χ3v) is 6.19. The maximum atomic E-state index is 12.6. The minimum atomic E-state index is -3.37. The van der Waals surface area contributed by atoms with Gasteiger partial charge in [0.15, 0.2) is 0 Å². The first-order valence-electron chi connectivity index (χ1n) is 7.18. The summed E-state index contributed by atoms with van der Waals surface area (Å²) in [7, 11) is -1.66. The fraction of sp³-hybridized carbons (Fsp3) is 0.600. The summed E-state index contributed by atoms with van der Waals surface area (Å²) in [4.78, 5) is 0.379. The fourth-order valence-electron chi connectivity index (χ4n) is 2.74. The lowest BCUT2D eigenvalue weighted by molar-refractivity contribution is 0.286. The lowest BCUT2D eigenvalue weighted by atomic mass is 9.96. The van der Waals surface area contributed by atoms with Gasteiger partial charge in [-0.2, -0.15) is 4.31 Å². The molecule has 0 spiro atoms. The Hall–Kier alpha value is -0.580. The van der Waals surface area contributed by atoms with Crippen LogP contribution >= 0.6 is 11.6 Å². The van der Waals surface area contributed by atoms with Crippen LogP contribution in [0.3, 0.4) is 0 Å². The van der Waals surface area contributed by atoms with E-state index in [4.69, 9.17) is 11.6 Å². The average molecular weight is 316 g/mol. The summed E-state index contributed by atoms with van der Waals surface area (Å²) in [5.41, 5.74) is 1.07. The van der Waals surface area contributed by atoms with Crippen molar-refractivity contribution in [2.45, 2.75) is 49.5 Å². The van der Waals surface area contributed by atoms with E-state index in [0.29, 0.717) is 10.8 Å². The van der Waals surface area contributed by atoms with Crippen molar-refractivity contribution >= 4 is 21.6 Å². The Balaban J connectivity index is 2.15. The summed E-state index contributed by atoms with van der Waals surface area (Å²) in [5, 5.41) is 0. The largest absolute Gasteiger partial charge is 0.243 e. The van der Waals surface area contributed by atoms with Crippen LogP contribution in [0.2, 0.25) is 0 Å². The zero-order valence-electron chi connectivity index (χ0n) is 11.9. The summed E-state index contributed by atoms with van der Waals surface area (Å²) >= 11 is 5.69. The van der Waals surface area contributed by atoms with Gasteiger partial charge >= 0.3 is 0 Å². The maximum absolute atomic E-state index is 12.6. The average Bonchev–Trinajstić information content (AvgIpc) is 2.48. The molecule has 3 nitrogen and oxygen atoms in total. The molecule has 0 saturated heterocycles. The molecule has 1 aliphatic carbocycles. The van der Waals surface area contributed by atoms with Crippen LogP contribution in [0.15, 0.2) is 29.2 Å². The lowest BCUT2D eigenvalue weighted by Crippen LogP contribution is -2.38. The Kier molecular flexibility index (Phi) is 5.47. The summed E-state index contributed by atoms with van der Waals surface area (Å²) < 4.78 is 26.8. The van der Waals surface area contributed by atoms with Crippen molar-refractivity contribution in [2.24, 2.45) is 0 Å². The van der Waals surface area contributed by atoms with Crippen molar-refractivity contribution in [1.29, 1.82) is 0 Å². The molecule has 2 rings (SSSR count). The van der Waals surface area contributed by atoms with Gasteiger partial charge in [-0.3, -0.25) is 0 Å². The first kappa shape index (κ1) is 15.8. The van der Waals surface area contributed by atoms with Crippen LogP contribution in [-0.4, -0.2) is 31.7 Å². The highest BCUT2D eigenvalue weighted by molar-refractivity contribution is 7.89. The lowest BCUT2D eigenvalue weighted by Gasteiger charge is -2.30. The van der Waals surface area contributed by atoms with E-state index in [0.717, 1.165) is 37.7 Å². The van der Waals surface area contributed by atoms with Gasteiger partial charge in [0.25, 0.3) is 0 Å². The Labute approximate surface area is 127 Å². The van der Waals surface area contributed by atoms with Crippen LogP contribution in [0.4, 0.5) is 0 Å². The second-order valence-corrected chi connectivity index (χ2v) is 7.77. The molecule has 0 bridgehead atoms. The van der Waals surface area contributed by atoms with Gasteiger partial charge in [-0.25, -0.2) is 8.42 Å². The Morgan fingerprint density at radius 1 is 1.15 bits per heavy atom. The summed E-state index contributed by atoms with van der Waals surface area (Å²) in [5.74, 6) is 0.550. The highest BCUT2D eigenvalue weighted by Gasteiger charge is 2.28. The third-order valence-electron chi connectivity index (χ3n) is 4.07. The third kappa shape index (κ3) is 3.54. The number of nitrogens with zero attached hydrogens (tertiary/aromatic N) is 1. The SMILES string of the molecule is CN(C1CCCCC1)S(=O)(=O)c1ccc(CCCl)cc1. The number of halogens is 1. The molecule has 1 aromatic carbocycles. The molecule has 20 heavy (non-hydrogen) atoms. The molecule has 0 aliphatic heterocycles. The van der Waals surface area contributed by atoms with Crippen LogP contribution in [0.25, 0.3) is 0 Å². The standard InChI is InChI=1S/C15H22ClNO2S/c1-17(14-5-3-2-4-6-14)20(18,19)15-9-7-13(8-10-15)11-12-16/h7-10,14H,2-6,11-12H2,1H3. The molecule has 1 aromatic rings. The molecule has 0 radical (unpaired) electrons. The predicted octanol–water partition coefficient (Wildman–Crippen LogP) is 3.42. The highest BCUT2D eigenvalue weighted by Crippen LogP contribution is 2.26. The van der Waals surface area contributed by atoms with E-state index in [1.165, 1.54) is 6.42 Å². The van der Waals surface area contributed by atoms with E-state index in [1.807, 2.05) is 12.1 Å². The number of rotatable bonds is 5. The van der Waals surface area contributed by atoms with E-state index in [1.54, 1.807) is 23.5 Å². The normalized spacial score (nSPS) is 17.6. The van der Waals surface area contributed by atoms with Gasteiger partial charge in [0.2, 0.25) is 10.0 Å².